The van der Waals surface area contributed by atoms with Crippen LogP contribution in [-0.4, -0.2) is 38.3 Å². The second-order valence-electron chi connectivity index (χ2n) is 6.89. The van der Waals surface area contributed by atoms with Gasteiger partial charge in [0.2, 0.25) is 0 Å². The lowest BCUT2D eigenvalue weighted by Crippen LogP contribution is -2.11. The van der Waals surface area contributed by atoms with Gasteiger partial charge in [-0.1, -0.05) is 23.4 Å². The van der Waals surface area contributed by atoms with E-state index in [2.05, 4.69) is 10.3 Å². The van der Waals surface area contributed by atoms with Gasteiger partial charge in [-0.15, -0.1) is 5.10 Å². The summed E-state index contributed by atoms with van der Waals surface area (Å²) in [7, 11) is 1.59. The van der Waals surface area contributed by atoms with Crippen molar-refractivity contribution in [1.29, 1.82) is 0 Å². The largest absolute Gasteiger partial charge is 0.494 e. The van der Waals surface area contributed by atoms with Crippen LogP contribution in [0, 0.1) is 13.8 Å². The molecule has 3 aromatic rings. The molecule has 0 unspecified atom stereocenters. The molecule has 148 valence electrons. The van der Waals surface area contributed by atoms with E-state index in [4.69, 9.17) is 4.74 Å². The first-order valence-corrected chi connectivity index (χ1v) is 9.23. The third-order valence-corrected chi connectivity index (χ3v) is 5.26. The molecule has 1 atom stereocenters. The van der Waals surface area contributed by atoms with Crippen molar-refractivity contribution < 1.29 is 19.7 Å². The van der Waals surface area contributed by atoms with Crippen LogP contribution in [0.2, 0.25) is 0 Å². The molecule has 0 spiro atoms. The van der Waals surface area contributed by atoms with Crippen molar-refractivity contribution in [3.05, 3.63) is 52.1 Å². The maximum atomic E-state index is 11.6. The second kappa shape index (κ2) is 7.98. The second-order valence-corrected chi connectivity index (χ2v) is 6.89. The van der Waals surface area contributed by atoms with E-state index in [9.17, 15) is 15.0 Å². The number of methoxy groups -OCH3 is 1. The number of fused-ring (bicyclic) bond motifs is 1. The molecule has 2 N–H and O–H groups in total. The maximum absolute atomic E-state index is 11.6. The molecular formula is C21H25N3O4. The monoisotopic (exact) mass is 383 g/mol. The van der Waals surface area contributed by atoms with Crippen LogP contribution in [0.4, 0.5) is 0 Å². The lowest BCUT2D eigenvalue weighted by molar-refractivity contribution is -0.137. The van der Waals surface area contributed by atoms with Crippen LogP contribution in [0.1, 0.15) is 47.1 Å². The van der Waals surface area contributed by atoms with Crippen LogP contribution in [0.5, 0.6) is 5.75 Å². The molecule has 0 bridgehead atoms. The van der Waals surface area contributed by atoms with E-state index < -0.39 is 11.9 Å². The summed E-state index contributed by atoms with van der Waals surface area (Å²) in [5.41, 5.74) is 5.83. The van der Waals surface area contributed by atoms with E-state index in [0.717, 1.165) is 33.3 Å². The Labute approximate surface area is 163 Å². The van der Waals surface area contributed by atoms with Crippen molar-refractivity contribution in [1.82, 2.24) is 15.0 Å². The molecule has 0 amide bonds. The molecule has 0 aliphatic rings. The molecule has 1 heterocycles. The minimum atomic E-state index is -0.896. The molecule has 7 heteroatoms. The summed E-state index contributed by atoms with van der Waals surface area (Å²) in [5, 5.41) is 27.7. The van der Waals surface area contributed by atoms with Gasteiger partial charge in [-0.2, -0.15) is 0 Å². The van der Waals surface area contributed by atoms with E-state index in [1.54, 1.807) is 11.8 Å². The van der Waals surface area contributed by atoms with Gasteiger partial charge >= 0.3 is 5.97 Å². The fraction of sp³-hybridized carbons (Fsp3) is 0.381. The number of aliphatic carboxylic acids is 1. The van der Waals surface area contributed by atoms with E-state index in [1.807, 2.05) is 45.0 Å². The van der Waals surface area contributed by atoms with Gasteiger partial charge in [0.05, 0.1) is 20.1 Å². The number of carboxylic acid groups (broad SMARTS) is 1. The molecule has 3 rings (SSSR count). The number of ether oxygens (including phenoxy) is 1. The maximum Gasteiger partial charge on any atom is 0.304 e. The van der Waals surface area contributed by atoms with Crippen molar-refractivity contribution in [2.24, 2.45) is 0 Å². The normalized spacial score (nSPS) is 12.3. The topological polar surface area (TPSA) is 97.5 Å². The van der Waals surface area contributed by atoms with Gasteiger partial charge < -0.3 is 14.9 Å². The lowest BCUT2D eigenvalue weighted by Gasteiger charge is -2.21. The molecule has 7 nitrogen and oxygen atoms in total. The first kappa shape index (κ1) is 19.8. The third-order valence-electron chi connectivity index (χ3n) is 5.26. The zero-order valence-corrected chi connectivity index (χ0v) is 16.6. The van der Waals surface area contributed by atoms with Gasteiger partial charge in [-0.05, 0) is 54.7 Å². The highest BCUT2D eigenvalue weighted by Gasteiger charge is 2.25. The van der Waals surface area contributed by atoms with Crippen molar-refractivity contribution >= 4 is 17.0 Å². The summed E-state index contributed by atoms with van der Waals surface area (Å²) in [6.45, 7) is 6.40. The Morgan fingerprint density at radius 2 is 2.04 bits per heavy atom. The highest BCUT2D eigenvalue weighted by atomic mass is 16.5. The summed E-state index contributed by atoms with van der Waals surface area (Å²) in [4.78, 5) is 11.6. The van der Waals surface area contributed by atoms with Gasteiger partial charge in [0, 0.05) is 12.5 Å². The quantitative estimate of drug-likeness (QED) is 0.650. The Bertz CT molecular complexity index is 1030. The third kappa shape index (κ3) is 3.45. The van der Waals surface area contributed by atoms with Crippen LogP contribution < -0.4 is 4.74 Å². The molecule has 0 radical (unpaired) electrons. The highest BCUT2D eigenvalue weighted by Crippen LogP contribution is 2.38. The average molecular weight is 383 g/mol. The van der Waals surface area contributed by atoms with Crippen LogP contribution in [0.3, 0.4) is 0 Å². The Morgan fingerprint density at radius 3 is 2.64 bits per heavy atom. The fourth-order valence-electron chi connectivity index (χ4n) is 3.66. The molecule has 0 saturated carbocycles. The van der Waals surface area contributed by atoms with Gasteiger partial charge in [0.15, 0.2) is 0 Å². The number of aromatic nitrogens is 3. The number of carboxylic acids is 1. The van der Waals surface area contributed by atoms with E-state index in [0.29, 0.717) is 17.8 Å². The molecule has 2 aromatic carbocycles. The number of carbonyl (C=O) groups is 1. The van der Waals surface area contributed by atoms with Crippen LogP contribution in [-0.2, 0) is 17.9 Å². The van der Waals surface area contributed by atoms with Gasteiger partial charge in [-0.3, -0.25) is 4.79 Å². The Hall–Kier alpha value is -2.93. The molecule has 28 heavy (non-hydrogen) atoms. The minimum Gasteiger partial charge on any atom is -0.494 e. The predicted molar refractivity (Wildman–Crippen MR) is 106 cm³/mol. The van der Waals surface area contributed by atoms with E-state index in [-0.39, 0.29) is 13.0 Å². The molecule has 0 aliphatic carbocycles. The summed E-state index contributed by atoms with van der Waals surface area (Å²) >= 11 is 0. The first-order chi connectivity index (χ1) is 13.4. The molecule has 0 fully saturated rings. The summed E-state index contributed by atoms with van der Waals surface area (Å²) in [5.74, 6) is -0.674. The zero-order chi connectivity index (χ0) is 20.4. The van der Waals surface area contributed by atoms with Crippen LogP contribution in [0.25, 0.3) is 11.0 Å². The minimum absolute atomic E-state index is 0.0780. The number of aliphatic hydroxyl groups is 1. The zero-order valence-electron chi connectivity index (χ0n) is 16.6. The molecular weight excluding hydrogens is 358 g/mol. The van der Waals surface area contributed by atoms with E-state index in [1.165, 1.54) is 0 Å². The number of rotatable bonds is 7. The Morgan fingerprint density at radius 1 is 1.29 bits per heavy atom. The smallest absolute Gasteiger partial charge is 0.304 e. The van der Waals surface area contributed by atoms with Crippen LogP contribution in [0.15, 0.2) is 24.3 Å². The van der Waals surface area contributed by atoms with Gasteiger partial charge in [-0.25, -0.2) is 4.68 Å². The van der Waals surface area contributed by atoms with Crippen molar-refractivity contribution in [3.63, 3.8) is 0 Å². The fourth-order valence-corrected chi connectivity index (χ4v) is 3.66. The molecule has 0 saturated heterocycles. The number of aryl methyl sites for hydroxylation is 3. The predicted octanol–water partition coefficient (Wildman–Crippen LogP) is 3.18. The first-order valence-electron chi connectivity index (χ1n) is 9.23. The number of nitrogens with zero attached hydrogens (tertiary/aromatic N) is 3. The SMILES string of the molecule is CCn1nnc2c(C)c([C@H](CC(=O)O)c3ccc(C)c(CO)c3)cc(OC)c21. The van der Waals surface area contributed by atoms with Crippen molar-refractivity contribution in [2.45, 2.75) is 46.3 Å². The molecule has 1 aromatic heterocycles. The lowest BCUT2D eigenvalue weighted by atomic mass is 9.84. The highest BCUT2D eigenvalue weighted by molar-refractivity contribution is 5.86. The van der Waals surface area contributed by atoms with E-state index >= 15 is 0 Å². The summed E-state index contributed by atoms with van der Waals surface area (Å²) < 4.78 is 7.36. The van der Waals surface area contributed by atoms with Crippen LogP contribution >= 0.6 is 0 Å². The average Bonchev–Trinajstić information content (AvgIpc) is 3.12. The number of aliphatic hydroxyl groups excluding tert-OH is 1. The van der Waals surface area contributed by atoms with Crippen molar-refractivity contribution in [2.75, 3.05) is 7.11 Å². The Kier molecular flexibility index (Phi) is 5.65. The van der Waals surface area contributed by atoms with Crippen molar-refractivity contribution in [3.8, 4) is 5.75 Å². The molecule has 0 aliphatic heterocycles. The number of benzene rings is 2. The summed E-state index contributed by atoms with van der Waals surface area (Å²) in [6, 6.07) is 7.59. The number of hydrogen-bond donors (Lipinski definition) is 2. The number of hydrogen-bond acceptors (Lipinski definition) is 5. The Balaban J connectivity index is 2.25. The van der Waals surface area contributed by atoms with Gasteiger partial charge in [0.25, 0.3) is 0 Å². The van der Waals surface area contributed by atoms with Gasteiger partial charge in [0.1, 0.15) is 16.8 Å². The summed E-state index contributed by atoms with van der Waals surface area (Å²) in [6.07, 6.45) is -0.0780. The standard InChI is InChI=1S/C21H25N3O4/c1-5-24-21-18(28-4)9-16(13(3)20(21)22-23-24)17(10-19(26)27)14-7-6-12(2)15(8-14)11-25/h6-9,17,25H,5,10-11H2,1-4H3,(H,26,27)/t17-/m1/s1.